The summed E-state index contributed by atoms with van der Waals surface area (Å²) in [7, 11) is 0. The molecule has 0 saturated heterocycles. The number of fused-ring (bicyclic) bond motifs is 1. The zero-order valence-electron chi connectivity index (χ0n) is 12.3. The number of aromatic nitrogens is 4. The third-order valence-corrected chi connectivity index (χ3v) is 3.52. The number of rotatable bonds is 4. The Balaban J connectivity index is 1.74. The van der Waals surface area contributed by atoms with Crippen LogP contribution in [0.25, 0.3) is 11.0 Å². The Morgan fingerprint density at radius 3 is 3.00 bits per heavy atom. The number of nitrogens with one attached hydrogen (secondary N) is 2. The van der Waals surface area contributed by atoms with Crippen molar-refractivity contribution in [2.45, 2.75) is 0 Å². The summed E-state index contributed by atoms with van der Waals surface area (Å²) in [5.74, 6) is 1.76. The van der Waals surface area contributed by atoms with E-state index < -0.39 is 0 Å². The maximum absolute atomic E-state index is 6.02. The van der Waals surface area contributed by atoms with Crippen molar-refractivity contribution in [2.75, 3.05) is 5.32 Å². The molecule has 3 aromatic heterocycles. The van der Waals surface area contributed by atoms with Gasteiger partial charge < -0.3 is 9.73 Å². The lowest BCUT2D eigenvalue weighted by Crippen LogP contribution is -1.95. The van der Waals surface area contributed by atoms with Crippen molar-refractivity contribution >= 4 is 46.2 Å². The van der Waals surface area contributed by atoms with Gasteiger partial charge in [0.05, 0.1) is 12.5 Å². The number of halogens is 1. The lowest BCUT2D eigenvalue weighted by Gasteiger charge is -2.06. The van der Waals surface area contributed by atoms with E-state index in [9.17, 15) is 0 Å². The van der Waals surface area contributed by atoms with Crippen LogP contribution in [-0.4, -0.2) is 26.4 Å². The minimum absolute atomic E-state index is 0.515. The quantitative estimate of drug-likeness (QED) is 0.547. The van der Waals surface area contributed by atoms with E-state index in [0.717, 1.165) is 5.69 Å². The molecule has 0 radical (unpaired) electrons. The van der Waals surface area contributed by atoms with Gasteiger partial charge in [-0.05, 0) is 30.3 Å². The van der Waals surface area contributed by atoms with Crippen LogP contribution in [0.4, 0.5) is 17.3 Å². The van der Waals surface area contributed by atoms with E-state index in [4.69, 9.17) is 16.0 Å². The molecule has 0 unspecified atom stereocenters. The summed E-state index contributed by atoms with van der Waals surface area (Å²) in [5.41, 5.74) is 1.32. The molecular formula is C16H11ClN6O. The second kappa shape index (κ2) is 6.13. The second-order valence-corrected chi connectivity index (χ2v) is 5.34. The predicted molar refractivity (Wildman–Crippen MR) is 92.4 cm³/mol. The highest BCUT2D eigenvalue weighted by Gasteiger charge is 2.12. The molecule has 7 nitrogen and oxygen atoms in total. The fraction of sp³-hybridized carbons (Fsp3) is 0. The average molecular weight is 339 g/mol. The van der Waals surface area contributed by atoms with E-state index in [2.05, 4.69) is 30.5 Å². The van der Waals surface area contributed by atoms with Crippen LogP contribution in [-0.2, 0) is 0 Å². The predicted octanol–water partition coefficient (Wildman–Crippen LogP) is 4.09. The maximum atomic E-state index is 6.02. The average Bonchev–Trinajstić information content (AvgIpc) is 3.23. The highest BCUT2D eigenvalue weighted by atomic mass is 35.5. The van der Waals surface area contributed by atoms with Gasteiger partial charge in [-0.1, -0.05) is 17.7 Å². The topological polar surface area (TPSA) is 92.0 Å². The van der Waals surface area contributed by atoms with Crippen LogP contribution in [0.3, 0.4) is 0 Å². The minimum atomic E-state index is 0.515. The Hall–Kier alpha value is -3.19. The molecule has 0 spiro atoms. The number of anilines is 2. The van der Waals surface area contributed by atoms with Crippen LogP contribution in [0.2, 0.25) is 5.02 Å². The van der Waals surface area contributed by atoms with Gasteiger partial charge in [-0.15, -0.1) is 0 Å². The fourth-order valence-corrected chi connectivity index (χ4v) is 2.42. The molecule has 3 heterocycles. The first-order chi connectivity index (χ1) is 11.8. The van der Waals surface area contributed by atoms with Crippen molar-refractivity contribution in [3.05, 3.63) is 59.8 Å². The Morgan fingerprint density at radius 2 is 2.17 bits per heavy atom. The van der Waals surface area contributed by atoms with Gasteiger partial charge in [0, 0.05) is 10.7 Å². The second-order valence-electron chi connectivity index (χ2n) is 4.90. The van der Waals surface area contributed by atoms with Crippen LogP contribution in [0, 0.1) is 0 Å². The maximum Gasteiger partial charge on any atom is 0.188 e. The number of hydrogen-bond acceptors (Lipinski definition) is 6. The Labute approximate surface area is 141 Å². The zero-order valence-corrected chi connectivity index (χ0v) is 13.0. The molecule has 0 aliphatic heterocycles. The van der Waals surface area contributed by atoms with Crippen molar-refractivity contribution < 1.29 is 4.42 Å². The first-order valence-electron chi connectivity index (χ1n) is 7.09. The van der Waals surface area contributed by atoms with E-state index in [1.54, 1.807) is 30.7 Å². The van der Waals surface area contributed by atoms with Crippen molar-refractivity contribution in [2.24, 2.45) is 4.99 Å². The lowest BCUT2D eigenvalue weighted by molar-refractivity contribution is 0.560. The van der Waals surface area contributed by atoms with Gasteiger partial charge in [-0.2, -0.15) is 5.10 Å². The highest BCUT2D eigenvalue weighted by molar-refractivity contribution is 6.30. The fourth-order valence-electron chi connectivity index (χ4n) is 2.22. The van der Waals surface area contributed by atoms with E-state index in [-0.39, 0.29) is 0 Å². The SMILES string of the molecule is Clc1cccc(Nc2ncnc3n[nH]c(N=Cc4ccco4)c23)c1. The molecule has 8 heteroatoms. The van der Waals surface area contributed by atoms with Crippen molar-refractivity contribution in [1.29, 1.82) is 0 Å². The standard InChI is InChI=1S/C16H11ClN6O/c17-10-3-1-4-11(7-10)21-14-13-15(18-8-12-5-2-6-24-12)22-23-16(13)20-9-19-14/h1-9H,(H2,19,20,21,22,23). The third-order valence-electron chi connectivity index (χ3n) is 3.28. The molecule has 0 fully saturated rings. The minimum Gasteiger partial charge on any atom is -0.463 e. The normalized spacial score (nSPS) is 11.4. The van der Waals surface area contributed by atoms with E-state index in [1.165, 1.54) is 6.33 Å². The molecule has 2 N–H and O–H groups in total. The molecule has 4 rings (SSSR count). The summed E-state index contributed by atoms with van der Waals surface area (Å²) in [6.45, 7) is 0. The molecule has 0 aliphatic rings. The summed E-state index contributed by atoms with van der Waals surface area (Å²) in [6, 6.07) is 11.0. The van der Waals surface area contributed by atoms with Gasteiger partial charge in [0.25, 0.3) is 0 Å². The molecule has 118 valence electrons. The molecule has 4 aromatic rings. The highest BCUT2D eigenvalue weighted by Crippen LogP contribution is 2.30. The van der Waals surface area contributed by atoms with Gasteiger partial charge in [0.2, 0.25) is 0 Å². The number of nitrogens with zero attached hydrogens (tertiary/aromatic N) is 4. The summed E-state index contributed by atoms with van der Waals surface area (Å²) < 4.78 is 5.24. The monoisotopic (exact) mass is 338 g/mol. The molecule has 1 aromatic carbocycles. The molecule has 0 amide bonds. The third kappa shape index (κ3) is 2.84. The van der Waals surface area contributed by atoms with Gasteiger partial charge in [0.15, 0.2) is 11.5 Å². The van der Waals surface area contributed by atoms with Crippen LogP contribution in [0.1, 0.15) is 5.76 Å². The van der Waals surface area contributed by atoms with Crippen LogP contribution < -0.4 is 5.32 Å². The summed E-state index contributed by atoms with van der Waals surface area (Å²) >= 11 is 6.02. The van der Waals surface area contributed by atoms with Crippen molar-refractivity contribution in [1.82, 2.24) is 20.2 Å². The molecule has 24 heavy (non-hydrogen) atoms. The van der Waals surface area contributed by atoms with Gasteiger partial charge in [0.1, 0.15) is 23.3 Å². The smallest absolute Gasteiger partial charge is 0.188 e. The van der Waals surface area contributed by atoms with Crippen LogP contribution >= 0.6 is 11.6 Å². The number of H-pyrrole nitrogens is 1. The summed E-state index contributed by atoms with van der Waals surface area (Å²) in [5, 5.41) is 11.5. The Morgan fingerprint density at radius 1 is 1.21 bits per heavy atom. The van der Waals surface area contributed by atoms with Gasteiger partial charge >= 0.3 is 0 Å². The molecule has 0 atom stereocenters. The Bertz CT molecular complexity index is 1010. The first kappa shape index (κ1) is 14.4. The number of aliphatic imine (C=N–C) groups is 1. The van der Waals surface area contributed by atoms with E-state index in [0.29, 0.717) is 33.5 Å². The summed E-state index contributed by atoms with van der Waals surface area (Å²) in [6.07, 6.45) is 4.63. The molecule has 0 saturated carbocycles. The Kier molecular flexibility index (Phi) is 3.68. The number of aromatic amines is 1. The number of benzene rings is 1. The number of furan rings is 1. The summed E-state index contributed by atoms with van der Waals surface area (Å²) in [4.78, 5) is 12.8. The van der Waals surface area contributed by atoms with Crippen molar-refractivity contribution in [3.8, 4) is 0 Å². The van der Waals surface area contributed by atoms with E-state index in [1.807, 2.05) is 18.2 Å². The first-order valence-corrected chi connectivity index (χ1v) is 7.46. The zero-order chi connectivity index (χ0) is 16.4. The van der Waals surface area contributed by atoms with E-state index >= 15 is 0 Å². The lowest BCUT2D eigenvalue weighted by atomic mass is 10.3. The van der Waals surface area contributed by atoms with Crippen LogP contribution in [0.15, 0.2) is 58.4 Å². The van der Waals surface area contributed by atoms with Crippen molar-refractivity contribution in [3.63, 3.8) is 0 Å². The number of hydrogen-bond donors (Lipinski definition) is 2. The van der Waals surface area contributed by atoms with Gasteiger partial charge in [-0.25, -0.2) is 15.0 Å². The molecule has 0 aliphatic carbocycles. The largest absolute Gasteiger partial charge is 0.463 e. The van der Waals surface area contributed by atoms with Gasteiger partial charge in [-0.3, -0.25) is 5.10 Å². The van der Waals surface area contributed by atoms with Crippen LogP contribution in [0.5, 0.6) is 0 Å². The molecular weight excluding hydrogens is 328 g/mol. The molecule has 0 bridgehead atoms.